The van der Waals surface area contributed by atoms with Crippen LogP contribution in [-0.4, -0.2) is 35.1 Å². The predicted molar refractivity (Wildman–Crippen MR) is 88.6 cm³/mol. The van der Waals surface area contributed by atoms with Crippen LogP contribution in [0.3, 0.4) is 0 Å². The quantitative estimate of drug-likeness (QED) is 0.201. The van der Waals surface area contributed by atoms with Crippen LogP contribution < -0.4 is 11.1 Å². The van der Waals surface area contributed by atoms with Crippen molar-refractivity contribution in [3.8, 4) is 0 Å². The van der Waals surface area contributed by atoms with Crippen LogP contribution in [0.4, 0.5) is 0 Å². The highest BCUT2D eigenvalue weighted by atomic mass is 32.2. The second kappa shape index (κ2) is 8.13. The van der Waals surface area contributed by atoms with Crippen LogP contribution in [-0.2, 0) is 0 Å². The maximum absolute atomic E-state index is 8.74. The van der Waals surface area contributed by atoms with E-state index < -0.39 is 0 Å². The van der Waals surface area contributed by atoms with E-state index in [-0.39, 0.29) is 5.41 Å². The summed E-state index contributed by atoms with van der Waals surface area (Å²) in [7, 11) is 0. The molecule has 0 amide bonds. The average molecular weight is 302 g/mol. The van der Waals surface area contributed by atoms with Gasteiger partial charge in [-0.05, 0) is 38.5 Å². The lowest BCUT2D eigenvalue weighted by atomic mass is 9.86. The van der Waals surface area contributed by atoms with E-state index in [2.05, 4.69) is 16.7 Å². The largest absolute Gasteiger partial charge is 0.409 e. The number of nitrogens with two attached hydrogens (primary N) is 1. The molecule has 1 fully saturated rings. The molecule has 118 valence electrons. The summed E-state index contributed by atoms with van der Waals surface area (Å²) in [6, 6.07) is 0. The van der Waals surface area contributed by atoms with Crippen LogP contribution in [0, 0.1) is 5.41 Å². The highest BCUT2D eigenvalue weighted by Gasteiger charge is 2.32. The lowest BCUT2D eigenvalue weighted by Gasteiger charge is -2.27. The van der Waals surface area contributed by atoms with Crippen LogP contribution >= 0.6 is 11.8 Å². The summed E-state index contributed by atoms with van der Waals surface area (Å²) >= 11 is 2.03. The van der Waals surface area contributed by atoms with Gasteiger partial charge in [0.25, 0.3) is 0 Å². The Hall–Kier alpha value is -0.420. The van der Waals surface area contributed by atoms with Gasteiger partial charge in [0.15, 0.2) is 0 Å². The van der Waals surface area contributed by atoms with Gasteiger partial charge < -0.3 is 16.3 Å². The van der Waals surface area contributed by atoms with Gasteiger partial charge in [-0.15, -0.1) is 0 Å². The Morgan fingerprint density at radius 3 is 2.55 bits per heavy atom. The van der Waals surface area contributed by atoms with Gasteiger partial charge in [0, 0.05) is 16.7 Å². The Bertz CT molecular complexity index is 312. The number of rotatable bonds is 9. The second-order valence-corrected chi connectivity index (χ2v) is 7.87. The third-order valence-electron chi connectivity index (χ3n) is 4.60. The molecule has 4 nitrogen and oxygen atoms in total. The Labute approximate surface area is 127 Å². The molecule has 0 saturated heterocycles. The maximum atomic E-state index is 8.74. The number of nitrogens with zero attached hydrogens (tertiary/aromatic N) is 1. The van der Waals surface area contributed by atoms with Crippen molar-refractivity contribution in [1.29, 1.82) is 0 Å². The van der Waals surface area contributed by atoms with Gasteiger partial charge in [-0.2, -0.15) is 11.8 Å². The lowest BCUT2D eigenvalue weighted by Crippen LogP contribution is -2.35. The van der Waals surface area contributed by atoms with Crippen LogP contribution in [0.2, 0.25) is 0 Å². The highest BCUT2D eigenvalue weighted by molar-refractivity contribution is 8.00. The third-order valence-corrected chi connectivity index (χ3v) is 6.02. The Balaban J connectivity index is 2.13. The molecule has 0 heterocycles. The average Bonchev–Trinajstić information content (AvgIpc) is 2.91. The van der Waals surface area contributed by atoms with Gasteiger partial charge >= 0.3 is 0 Å². The molecule has 0 atom stereocenters. The van der Waals surface area contributed by atoms with Crippen molar-refractivity contribution in [3.63, 3.8) is 0 Å². The van der Waals surface area contributed by atoms with E-state index in [1.54, 1.807) is 0 Å². The first-order valence-electron chi connectivity index (χ1n) is 7.70. The van der Waals surface area contributed by atoms with Crippen molar-refractivity contribution in [2.75, 3.05) is 19.3 Å². The molecule has 0 radical (unpaired) electrons. The highest BCUT2D eigenvalue weighted by Crippen LogP contribution is 2.39. The molecule has 0 spiro atoms. The molecule has 4 N–H and O–H groups in total. The standard InChI is InChI=1S/C15H31N3OS/c1-14(2,13(16)18-19)8-6-7-11-17-12-15(20-3)9-4-5-10-15/h17,19H,4-12H2,1-3H3,(H2,16,18). The minimum absolute atomic E-state index is 0.208. The number of hydrogen-bond donors (Lipinski definition) is 3. The Kier molecular flexibility index (Phi) is 7.17. The first-order valence-corrected chi connectivity index (χ1v) is 8.92. The van der Waals surface area contributed by atoms with E-state index in [1.165, 1.54) is 25.7 Å². The van der Waals surface area contributed by atoms with Gasteiger partial charge in [0.2, 0.25) is 0 Å². The number of hydrogen-bond acceptors (Lipinski definition) is 4. The van der Waals surface area contributed by atoms with Gasteiger partial charge in [-0.1, -0.05) is 38.3 Å². The fourth-order valence-corrected chi connectivity index (χ4v) is 3.81. The van der Waals surface area contributed by atoms with E-state index >= 15 is 0 Å². The SMILES string of the molecule is CSC1(CNCCCCC(C)(C)C(N)=NO)CCCC1. The maximum Gasteiger partial charge on any atom is 0.144 e. The van der Waals surface area contributed by atoms with E-state index in [9.17, 15) is 0 Å². The van der Waals surface area contributed by atoms with Crippen molar-refractivity contribution in [2.24, 2.45) is 16.3 Å². The first-order chi connectivity index (χ1) is 9.46. The number of amidine groups is 1. The van der Waals surface area contributed by atoms with Crippen molar-refractivity contribution >= 4 is 17.6 Å². The molecular formula is C15H31N3OS. The Morgan fingerprint density at radius 1 is 1.35 bits per heavy atom. The van der Waals surface area contributed by atoms with E-state index in [0.717, 1.165) is 32.4 Å². The summed E-state index contributed by atoms with van der Waals surface area (Å²) in [6.45, 7) is 6.25. The first kappa shape index (κ1) is 17.6. The van der Waals surface area contributed by atoms with Crippen molar-refractivity contribution < 1.29 is 5.21 Å². The second-order valence-electron chi connectivity index (χ2n) is 6.60. The van der Waals surface area contributed by atoms with Crippen LogP contribution in [0.25, 0.3) is 0 Å². The van der Waals surface area contributed by atoms with Crippen molar-refractivity contribution in [1.82, 2.24) is 5.32 Å². The van der Waals surface area contributed by atoms with Crippen molar-refractivity contribution in [2.45, 2.75) is 63.5 Å². The molecule has 5 heteroatoms. The van der Waals surface area contributed by atoms with Crippen LogP contribution in [0.15, 0.2) is 5.16 Å². The smallest absolute Gasteiger partial charge is 0.144 e. The summed E-state index contributed by atoms with van der Waals surface area (Å²) in [5.41, 5.74) is 5.48. The molecule has 20 heavy (non-hydrogen) atoms. The van der Waals surface area contributed by atoms with Crippen molar-refractivity contribution in [3.05, 3.63) is 0 Å². The molecule has 1 saturated carbocycles. The zero-order valence-electron chi connectivity index (χ0n) is 13.2. The fraction of sp³-hybridized carbons (Fsp3) is 0.933. The summed E-state index contributed by atoms with van der Waals surface area (Å²) < 4.78 is 0.493. The molecular weight excluding hydrogens is 270 g/mol. The molecule has 1 aliphatic rings. The van der Waals surface area contributed by atoms with Crippen LogP contribution in [0.5, 0.6) is 0 Å². The normalized spacial score (nSPS) is 19.4. The summed E-state index contributed by atoms with van der Waals surface area (Å²) in [4.78, 5) is 0. The number of nitrogens with one attached hydrogen (secondary N) is 1. The number of unbranched alkanes of at least 4 members (excludes halogenated alkanes) is 1. The van der Waals surface area contributed by atoms with Gasteiger partial charge in [-0.3, -0.25) is 0 Å². The summed E-state index contributed by atoms with van der Waals surface area (Å²) in [5.74, 6) is 0.331. The van der Waals surface area contributed by atoms with Crippen LogP contribution in [0.1, 0.15) is 58.8 Å². The van der Waals surface area contributed by atoms with Gasteiger partial charge in [-0.25, -0.2) is 0 Å². The minimum Gasteiger partial charge on any atom is -0.409 e. The molecule has 0 aliphatic heterocycles. The Morgan fingerprint density at radius 2 is 2.00 bits per heavy atom. The molecule has 0 aromatic carbocycles. The van der Waals surface area contributed by atoms with E-state index in [1.807, 2.05) is 25.6 Å². The molecule has 0 unspecified atom stereocenters. The monoisotopic (exact) mass is 301 g/mol. The molecule has 1 rings (SSSR count). The fourth-order valence-electron chi connectivity index (χ4n) is 2.87. The lowest BCUT2D eigenvalue weighted by molar-refractivity contribution is 0.304. The zero-order valence-corrected chi connectivity index (χ0v) is 14.1. The summed E-state index contributed by atoms with van der Waals surface area (Å²) in [6.07, 6.45) is 10.9. The zero-order chi connectivity index (χ0) is 15.1. The van der Waals surface area contributed by atoms with E-state index in [4.69, 9.17) is 10.9 Å². The molecule has 0 aromatic heterocycles. The minimum atomic E-state index is -0.208. The van der Waals surface area contributed by atoms with Gasteiger partial charge in [0.05, 0.1) is 0 Å². The topological polar surface area (TPSA) is 70.6 Å². The van der Waals surface area contributed by atoms with E-state index in [0.29, 0.717) is 10.6 Å². The third kappa shape index (κ3) is 5.17. The summed E-state index contributed by atoms with van der Waals surface area (Å²) in [5, 5.41) is 15.5. The predicted octanol–water partition coefficient (Wildman–Crippen LogP) is 3.19. The number of thioether (sulfide) groups is 1. The molecule has 1 aliphatic carbocycles. The molecule has 0 aromatic rings. The van der Waals surface area contributed by atoms with Gasteiger partial charge in [0.1, 0.15) is 5.84 Å². The number of oxime groups is 1. The molecule has 0 bridgehead atoms.